The van der Waals surface area contributed by atoms with Crippen LogP contribution in [0.3, 0.4) is 0 Å². The molecule has 0 amide bonds. The number of halogens is 4. The van der Waals surface area contributed by atoms with Gasteiger partial charge in [0.05, 0.1) is 11.3 Å². The Hall–Kier alpha value is -1.63. The van der Waals surface area contributed by atoms with Crippen molar-refractivity contribution in [1.82, 2.24) is 0 Å². The summed E-state index contributed by atoms with van der Waals surface area (Å²) in [6, 6.07) is 3.14. The summed E-state index contributed by atoms with van der Waals surface area (Å²) in [5.41, 5.74) is 4.20. The van der Waals surface area contributed by atoms with Gasteiger partial charge in [-0.3, -0.25) is 0 Å². The molecule has 0 fully saturated rings. The van der Waals surface area contributed by atoms with Crippen molar-refractivity contribution in [2.75, 3.05) is 5.73 Å². The van der Waals surface area contributed by atoms with Crippen LogP contribution in [-0.2, 0) is 0 Å². The van der Waals surface area contributed by atoms with Gasteiger partial charge in [-0.1, -0.05) is 6.07 Å². The zero-order valence-electron chi connectivity index (χ0n) is 8.58. The van der Waals surface area contributed by atoms with Crippen LogP contribution in [0, 0.1) is 0 Å². The Kier molecular flexibility index (Phi) is 4.43. The predicted molar refractivity (Wildman–Crippen MR) is 45.6 cm³/mol. The summed E-state index contributed by atoms with van der Waals surface area (Å²) in [7, 11) is 0. The normalized spacial score (nSPS) is 10.4. The van der Waals surface area contributed by atoms with E-state index >= 15 is 0 Å². The second kappa shape index (κ2) is 4.93. The lowest BCUT2D eigenvalue weighted by Gasteiger charge is -2.11. The molecule has 0 spiro atoms. The number of alkyl halides is 3. The molecule has 3 N–H and O–H groups in total. The minimum absolute atomic E-state index is 0. The standard InChI is InChI=1S/C8H6F3NO3.ClH/c9-8(10,11)15-5-3-1-2-4(6(5)12)7(13)14;/h1-3H,12H2,(H,13,14);1H. The lowest BCUT2D eigenvalue weighted by Crippen LogP contribution is -3.00. The highest BCUT2D eigenvalue weighted by molar-refractivity contribution is 5.95. The number of carboxylic acid groups (broad SMARTS) is 1. The Morgan fingerprint density at radius 2 is 2.00 bits per heavy atom. The van der Waals surface area contributed by atoms with Gasteiger partial charge < -0.3 is 28.0 Å². The largest absolute Gasteiger partial charge is 1.00 e. The molecule has 90 valence electrons. The van der Waals surface area contributed by atoms with E-state index in [0.717, 1.165) is 18.2 Å². The van der Waals surface area contributed by atoms with Crippen LogP contribution in [0.5, 0.6) is 5.75 Å². The Morgan fingerprint density at radius 1 is 1.44 bits per heavy atom. The maximum Gasteiger partial charge on any atom is 1.00 e. The second-order valence-electron chi connectivity index (χ2n) is 2.57. The smallest absolute Gasteiger partial charge is 1.00 e. The van der Waals surface area contributed by atoms with E-state index in [1.54, 1.807) is 0 Å². The number of carboxylic acids is 1. The summed E-state index contributed by atoms with van der Waals surface area (Å²) in [5.74, 6) is -2.14. The van der Waals surface area contributed by atoms with Crippen LogP contribution in [0.25, 0.3) is 0 Å². The third kappa shape index (κ3) is 3.50. The molecule has 16 heavy (non-hydrogen) atoms. The van der Waals surface area contributed by atoms with Crippen molar-refractivity contribution in [3.8, 4) is 5.75 Å². The predicted octanol–water partition coefficient (Wildman–Crippen LogP) is -1.02. The second-order valence-corrected chi connectivity index (χ2v) is 2.57. The zero-order valence-corrected chi connectivity index (χ0v) is 8.34. The van der Waals surface area contributed by atoms with Gasteiger partial charge in [0.2, 0.25) is 0 Å². The lowest BCUT2D eigenvalue weighted by molar-refractivity contribution is -0.274. The number of aromatic carboxylic acids is 1. The van der Waals surface area contributed by atoms with Crippen molar-refractivity contribution in [2.24, 2.45) is 0 Å². The molecule has 0 radical (unpaired) electrons. The van der Waals surface area contributed by atoms with E-state index in [2.05, 4.69) is 4.74 Å². The van der Waals surface area contributed by atoms with Gasteiger partial charge in [-0.2, -0.15) is 0 Å². The third-order valence-electron chi connectivity index (χ3n) is 1.52. The van der Waals surface area contributed by atoms with Gasteiger partial charge in [-0.25, -0.2) is 4.79 Å². The maximum atomic E-state index is 11.8. The average Bonchev–Trinajstić information content (AvgIpc) is 2.05. The first-order chi connectivity index (χ1) is 6.81. The highest BCUT2D eigenvalue weighted by atomic mass is 35.5. The number of hydrogen-bond acceptors (Lipinski definition) is 3. The van der Waals surface area contributed by atoms with Gasteiger partial charge in [-0.15, -0.1) is 13.2 Å². The number of hydrogen-bond donors (Lipinski definition) is 2. The van der Waals surface area contributed by atoms with E-state index in [9.17, 15) is 18.0 Å². The quantitative estimate of drug-likeness (QED) is 0.666. The minimum Gasteiger partial charge on any atom is -1.00 e. The highest BCUT2D eigenvalue weighted by Crippen LogP contribution is 2.30. The first-order valence-corrected chi connectivity index (χ1v) is 3.69. The van der Waals surface area contributed by atoms with Crippen LogP contribution >= 0.6 is 0 Å². The molecule has 1 aromatic carbocycles. The molecule has 0 saturated carbocycles. The van der Waals surface area contributed by atoms with Gasteiger partial charge in [0, 0.05) is 0 Å². The molecule has 1 rings (SSSR count). The number of para-hydroxylation sites is 1. The molecule has 0 aromatic heterocycles. The van der Waals surface area contributed by atoms with Crippen molar-refractivity contribution in [1.29, 1.82) is 0 Å². The Labute approximate surface area is 95.7 Å². The van der Waals surface area contributed by atoms with Crippen LogP contribution < -0.4 is 22.9 Å². The van der Waals surface area contributed by atoms with Crippen LogP contribution in [0.4, 0.5) is 18.9 Å². The molecule has 0 atom stereocenters. The molecule has 8 heteroatoms. The molecule has 0 bridgehead atoms. The van der Waals surface area contributed by atoms with Gasteiger partial charge in [0.1, 0.15) is 0 Å². The summed E-state index contributed by atoms with van der Waals surface area (Å²) in [6.07, 6.45) is -4.90. The summed E-state index contributed by atoms with van der Waals surface area (Å²) >= 11 is 0. The van der Waals surface area contributed by atoms with Crippen LogP contribution in [0.15, 0.2) is 18.2 Å². The number of rotatable bonds is 2. The van der Waals surface area contributed by atoms with Crippen LogP contribution in [0.2, 0.25) is 0 Å². The minimum atomic E-state index is -4.90. The third-order valence-corrected chi connectivity index (χ3v) is 1.52. The van der Waals surface area contributed by atoms with Gasteiger partial charge >= 0.3 is 13.8 Å². The van der Waals surface area contributed by atoms with Crippen molar-refractivity contribution in [2.45, 2.75) is 6.36 Å². The number of nitrogen functional groups attached to an aromatic ring is 1. The van der Waals surface area contributed by atoms with E-state index in [0.29, 0.717) is 0 Å². The maximum absolute atomic E-state index is 11.8. The van der Waals surface area contributed by atoms with Crippen molar-refractivity contribution < 1.29 is 41.6 Å². The van der Waals surface area contributed by atoms with E-state index in [-0.39, 0.29) is 13.8 Å². The fraction of sp³-hybridized carbons (Fsp3) is 0.125. The van der Waals surface area contributed by atoms with Crippen molar-refractivity contribution in [3.63, 3.8) is 0 Å². The van der Waals surface area contributed by atoms with Gasteiger partial charge in [0.15, 0.2) is 5.75 Å². The fourth-order valence-electron chi connectivity index (χ4n) is 0.944. The molecule has 0 aliphatic rings. The van der Waals surface area contributed by atoms with Gasteiger partial charge in [0.25, 0.3) is 0 Å². The number of carbonyl (C=O) groups is 1. The summed E-state index contributed by atoms with van der Waals surface area (Å²) < 4.78 is 39.0. The highest BCUT2D eigenvalue weighted by Gasteiger charge is 2.32. The monoisotopic (exact) mass is 257 g/mol. The lowest BCUT2D eigenvalue weighted by atomic mass is 10.1. The molecule has 0 saturated heterocycles. The molecule has 0 aliphatic heterocycles. The molecule has 4 nitrogen and oxygen atoms in total. The van der Waals surface area contributed by atoms with E-state index in [1.165, 1.54) is 0 Å². The molecule has 0 unspecified atom stereocenters. The summed E-state index contributed by atoms with van der Waals surface area (Å²) in [4.78, 5) is 10.5. The number of ether oxygens (including phenoxy) is 1. The number of nitrogens with two attached hydrogens (primary N) is 1. The zero-order chi connectivity index (χ0) is 11.6. The molecule has 0 heterocycles. The average molecular weight is 258 g/mol. The van der Waals surface area contributed by atoms with E-state index in [1.807, 2.05) is 0 Å². The fourth-order valence-corrected chi connectivity index (χ4v) is 0.944. The van der Waals surface area contributed by atoms with E-state index in [4.69, 9.17) is 10.8 Å². The topological polar surface area (TPSA) is 72.5 Å². The molecular formula is C8H7ClF3NO3. The first kappa shape index (κ1) is 14.4. The van der Waals surface area contributed by atoms with Gasteiger partial charge in [-0.05, 0) is 12.1 Å². The Balaban J connectivity index is 0. The van der Waals surface area contributed by atoms with E-state index < -0.39 is 29.3 Å². The number of benzene rings is 1. The van der Waals surface area contributed by atoms with Crippen molar-refractivity contribution in [3.05, 3.63) is 23.8 Å². The summed E-state index contributed by atoms with van der Waals surface area (Å²) in [6.45, 7) is 0. The number of anilines is 1. The van der Waals surface area contributed by atoms with Crippen LogP contribution in [0.1, 0.15) is 11.8 Å². The Morgan fingerprint density at radius 3 is 2.44 bits per heavy atom. The molecule has 1 aromatic rings. The molecule has 0 aliphatic carbocycles. The Bertz CT molecular complexity index is 400. The molecular weight excluding hydrogens is 251 g/mol. The first-order valence-electron chi connectivity index (χ1n) is 3.69. The summed E-state index contributed by atoms with van der Waals surface area (Å²) in [5, 5.41) is 8.57. The van der Waals surface area contributed by atoms with Crippen molar-refractivity contribution >= 4 is 11.7 Å². The van der Waals surface area contributed by atoms with Crippen LogP contribution in [-0.4, -0.2) is 17.4 Å². The SMILES string of the molecule is Nc1c(OC(F)(F)F)cccc1C(=O)O.[Cl-].[H+].